The SMILES string of the molecule is COc1ccc([N+](=O)[O-])cc1NS(=O)(=O)c1nnc(NC(=O)c2ccccc2)s1. The smallest absolute Gasteiger partial charge is 0.291 e. The number of hydrogen-bond acceptors (Lipinski definition) is 9. The van der Waals surface area contributed by atoms with E-state index in [0.29, 0.717) is 16.9 Å². The number of nitrogens with one attached hydrogen (secondary N) is 2. The van der Waals surface area contributed by atoms with Crippen molar-refractivity contribution in [3.05, 3.63) is 64.2 Å². The molecule has 0 atom stereocenters. The van der Waals surface area contributed by atoms with Crippen LogP contribution in [0.4, 0.5) is 16.5 Å². The van der Waals surface area contributed by atoms with Gasteiger partial charge in [0.2, 0.25) is 5.13 Å². The molecule has 0 fully saturated rings. The third-order valence-corrected chi connectivity index (χ3v) is 6.10. The molecule has 1 heterocycles. The first-order chi connectivity index (χ1) is 13.8. The molecular weight excluding hydrogens is 422 g/mol. The molecule has 3 aromatic rings. The summed E-state index contributed by atoms with van der Waals surface area (Å²) in [5.41, 5.74) is -0.0880. The van der Waals surface area contributed by atoms with Crippen molar-refractivity contribution >= 4 is 43.8 Å². The van der Waals surface area contributed by atoms with Gasteiger partial charge in [-0.25, -0.2) is 0 Å². The van der Waals surface area contributed by atoms with Crippen LogP contribution >= 0.6 is 11.3 Å². The molecule has 0 radical (unpaired) electrons. The van der Waals surface area contributed by atoms with Gasteiger partial charge < -0.3 is 4.74 Å². The minimum absolute atomic E-state index is 0.0229. The maximum atomic E-state index is 12.6. The average Bonchev–Trinajstić information content (AvgIpc) is 3.17. The van der Waals surface area contributed by atoms with Crippen molar-refractivity contribution in [1.29, 1.82) is 0 Å². The quantitative estimate of drug-likeness (QED) is 0.326. The van der Waals surface area contributed by atoms with Crippen LogP contribution in [0.1, 0.15) is 10.4 Å². The lowest BCUT2D eigenvalue weighted by atomic mass is 10.2. The molecule has 13 heteroatoms. The number of nitrogens with zero attached hydrogens (tertiary/aromatic N) is 3. The summed E-state index contributed by atoms with van der Waals surface area (Å²) in [6.07, 6.45) is 0. The van der Waals surface area contributed by atoms with Crippen molar-refractivity contribution < 1.29 is 22.9 Å². The van der Waals surface area contributed by atoms with Crippen molar-refractivity contribution in [3.63, 3.8) is 0 Å². The Morgan fingerprint density at radius 1 is 1.17 bits per heavy atom. The van der Waals surface area contributed by atoms with Crippen LogP contribution in [0, 0.1) is 10.1 Å². The molecule has 150 valence electrons. The Morgan fingerprint density at radius 3 is 2.55 bits per heavy atom. The van der Waals surface area contributed by atoms with Gasteiger partial charge in [0.1, 0.15) is 5.75 Å². The highest BCUT2D eigenvalue weighted by Crippen LogP contribution is 2.31. The Labute approximate surface area is 168 Å². The number of ether oxygens (including phenoxy) is 1. The summed E-state index contributed by atoms with van der Waals surface area (Å²) in [6, 6.07) is 11.8. The summed E-state index contributed by atoms with van der Waals surface area (Å²) in [4.78, 5) is 22.4. The Bertz CT molecular complexity index is 1160. The van der Waals surface area contributed by atoms with Crippen LogP contribution in [0.25, 0.3) is 0 Å². The maximum Gasteiger partial charge on any atom is 0.291 e. The highest BCUT2D eigenvalue weighted by Gasteiger charge is 2.24. The van der Waals surface area contributed by atoms with E-state index in [-0.39, 0.29) is 22.3 Å². The largest absolute Gasteiger partial charge is 0.495 e. The summed E-state index contributed by atoms with van der Waals surface area (Å²) >= 11 is 0.627. The van der Waals surface area contributed by atoms with Crippen LogP contribution in [-0.2, 0) is 10.0 Å². The van der Waals surface area contributed by atoms with Gasteiger partial charge >= 0.3 is 0 Å². The van der Waals surface area contributed by atoms with Crippen LogP contribution in [0.3, 0.4) is 0 Å². The fraction of sp³-hybridized carbons (Fsp3) is 0.0625. The van der Waals surface area contributed by atoms with Gasteiger partial charge in [0.05, 0.1) is 17.7 Å². The van der Waals surface area contributed by atoms with Crippen LogP contribution in [0.2, 0.25) is 0 Å². The van der Waals surface area contributed by atoms with Gasteiger partial charge in [-0.2, -0.15) is 8.42 Å². The third kappa shape index (κ3) is 4.64. The Morgan fingerprint density at radius 2 is 1.90 bits per heavy atom. The molecule has 0 saturated carbocycles. The molecule has 3 rings (SSSR count). The highest BCUT2D eigenvalue weighted by atomic mass is 32.2. The van der Waals surface area contributed by atoms with E-state index < -0.39 is 25.2 Å². The van der Waals surface area contributed by atoms with Gasteiger partial charge in [-0.3, -0.25) is 24.9 Å². The number of carbonyl (C=O) groups is 1. The normalized spacial score (nSPS) is 10.9. The fourth-order valence-corrected chi connectivity index (χ4v) is 4.16. The van der Waals surface area contributed by atoms with E-state index in [1.807, 2.05) is 0 Å². The molecule has 0 unspecified atom stereocenters. The summed E-state index contributed by atoms with van der Waals surface area (Å²) in [7, 11) is -2.93. The first kappa shape index (κ1) is 20.2. The zero-order valence-electron chi connectivity index (χ0n) is 14.7. The second kappa shape index (κ2) is 8.20. The number of benzene rings is 2. The van der Waals surface area contributed by atoms with Gasteiger partial charge in [-0.05, 0) is 18.2 Å². The Hall–Kier alpha value is -3.58. The zero-order valence-corrected chi connectivity index (χ0v) is 16.4. The van der Waals surface area contributed by atoms with Crippen molar-refractivity contribution in [2.75, 3.05) is 17.1 Å². The lowest BCUT2D eigenvalue weighted by molar-refractivity contribution is -0.384. The number of hydrogen-bond donors (Lipinski definition) is 2. The average molecular weight is 435 g/mol. The molecule has 0 saturated heterocycles. The number of methoxy groups -OCH3 is 1. The van der Waals surface area contributed by atoms with E-state index in [1.54, 1.807) is 30.3 Å². The lowest BCUT2D eigenvalue weighted by Crippen LogP contribution is -2.13. The first-order valence-corrected chi connectivity index (χ1v) is 10.2. The van der Waals surface area contributed by atoms with Gasteiger partial charge in [-0.1, -0.05) is 29.5 Å². The predicted molar refractivity (Wildman–Crippen MR) is 105 cm³/mol. The lowest BCUT2D eigenvalue weighted by Gasteiger charge is -2.09. The Kier molecular flexibility index (Phi) is 5.70. The van der Waals surface area contributed by atoms with E-state index in [1.165, 1.54) is 19.2 Å². The van der Waals surface area contributed by atoms with E-state index in [0.717, 1.165) is 6.07 Å². The number of nitro benzene ring substituents is 1. The molecule has 1 aromatic heterocycles. The molecular formula is C16H13N5O6S2. The molecule has 0 aliphatic rings. The van der Waals surface area contributed by atoms with Gasteiger partial charge in [0, 0.05) is 17.7 Å². The molecule has 0 aliphatic carbocycles. The van der Waals surface area contributed by atoms with Crippen molar-refractivity contribution in [2.45, 2.75) is 4.34 Å². The number of sulfonamides is 1. The highest BCUT2D eigenvalue weighted by molar-refractivity contribution is 7.94. The van der Waals surface area contributed by atoms with E-state index >= 15 is 0 Å². The van der Waals surface area contributed by atoms with E-state index in [4.69, 9.17) is 4.74 Å². The molecule has 11 nitrogen and oxygen atoms in total. The number of aromatic nitrogens is 2. The molecule has 2 N–H and O–H groups in total. The van der Waals surface area contributed by atoms with Crippen LogP contribution < -0.4 is 14.8 Å². The summed E-state index contributed by atoms with van der Waals surface area (Å²) in [5.74, 6) is -0.389. The van der Waals surface area contributed by atoms with Gasteiger partial charge in [-0.15, -0.1) is 10.2 Å². The van der Waals surface area contributed by atoms with Crippen molar-refractivity contribution in [3.8, 4) is 5.75 Å². The summed E-state index contributed by atoms with van der Waals surface area (Å²) in [5, 5.41) is 20.6. The predicted octanol–water partition coefficient (Wildman–Crippen LogP) is 2.51. The van der Waals surface area contributed by atoms with Crippen LogP contribution in [0.15, 0.2) is 52.9 Å². The Balaban J connectivity index is 1.82. The van der Waals surface area contributed by atoms with Gasteiger partial charge in [0.25, 0.3) is 26.0 Å². The maximum absolute atomic E-state index is 12.6. The number of nitro groups is 1. The second-order valence-corrected chi connectivity index (χ2v) is 8.27. The molecule has 29 heavy (non-hydrogen) atoms. The van der Waals surface area contributed by atoms with Crippen LogP contribution in [-0.4, -0.2) is 36.6 Å². The first-order valence-electron chi connectivity index (χ1n) is 7.85. The van der Waals surface area contributed by atoms with Gasteiger partial charge in [0.15, 0.2) is 0 Å². The van der Waals surface area contributed by atoms with Crippen LogP contribution in [0.5, 0.6) is 5.75 Å². The number of non-ortho nitro benzene ring substituents is 1. The zero-order chi connectivity index (χ0) is 21.0. The van der Waals surface area contributed by atoms with E-state index in [9.17, 15) is 23.3 Å². The number of anilines is 2. The number of rotatable bonds is 7. The third-order valence-electron chi connectivity index (χ3n) is 3.53. The monoisotopic (exact) mass is 435 g/mol. The summed E-state index contributed by atoms with van der Waals surface area (Å²) in [6.45, 7) is 0. The molecule has 0 bridgehead atoms. The molecule has 2 aromatic carbocycles. The van der Waals surface area contributed by atoms with E-state index in [2.05, 4.69) is 20.2 Å². The number of carbonyl (C=O) groups excluding carboxylic acids is 1. The van der Waals surface area contributed by atoms with Crippen molar-refractivity contribution in [1.82, 2.24) is 10.2 Å². The fourth-order valence-electron chi connectivity index (χ4n) is 2.21. The summed E-state index contributed by atoms with van der Waals surface area (Å²) < 4.78 is 31.9. The topological polar surface area (TPSA) is 153 Å². The standard InChI is InChI=1S/C16H13N5O6S2/c1-27-13-8-7-11(21(23)24)9-12(13)20-29(25,26)16-19-18-15(28-16)17-14(22)10-5-3-2-4-6-10/h2-9,20H,1H3,(H,17,18,22). The second-order valence-electron chi connectivity index (χ2n) is 5.44. The molecule has 1 amide bonds. The molecule has 0 aliphatic heterocycles. The van der Waals surface area contributed by atoms with Crippen molar-refractivity contribution in [2.24, 2.45) is 0 Å². The minimum Gasteiger partial charge on any atom is -0.495 e. The molecule has 0 spiro atoms. The minimum atomic E-state index is -4.23. The number of amides is 1.